The summed E-state index contributed by atoms with van der Waals surface area (Å²) < 4.78 is 1.94. The molecular weight excluding hydrogens is 290 g/mol. The molecule has 2 heterocycles. The van der Waals surface area contributed by atoms with Gasteiger partial charge in [-0.1, -0.05) is 0 Å². The quantitative estimate of drug-likeness (QED) is 0.852. The smallest absolute Gasteiger partial charge is 0.253 e. The third-order valence-electron chi connectivity index (χ3n) is 4.20. The fourth-order valence-electron chi connectivity index (χ4n) is 3.09. The van der Waals surface area contributed by atoms with Crippen LogP contribution in [-0.2, 0) is 0 Å². The van der Waals surface area contributed by atoms with Gasteiger partial charge in [0.15, 0.2) is 0 Å². The Morgan fingerprint density at radius 3 is 2.65 bits per heavy atom. The molecular formula is C17H19N5O. The van der Waals surface area contributed by atoms with Crippen molar-refractivity contribution >= 4 is 5.91 Å². The van der Waals surface area contributed by atoms with Gasteiger partial charge in [0, 0.05) is 18.7 Å². The van der Waals surface area contributed by atoms with Crippen LogP contribution >= 0.6 is 0 Å². The first-order valence-corrected chi connectivity index (χ1v) is 7.77. The zero-order chi connectivity index (χ0) is 16.4. The summed E-state index contributed by atoms with van der Waals surface area (Å²) in [4.78, 5) is 18.9. The van der Waals surface area contributed by atoms with Crippen LogP contribution in [0.2, 0.25) is 0 Å². The van der Waals surface area contributed by atoms with Crippen LogP contribution in [0.5, 0.6) is 0 Å². The van der Waals surface area contributed by atoms with Crippen LogP contribution in [0.1, 0.15) is 46.5 Å². The predicted octanol–water partition coefficient (Wildman–Crippen LogP) is 2.24. The van der Waals surface area contributed by atoms with Crippen molar-refractivity contribution in [1.29, 1.82) is 5.26 Å². The molecule has 0 aliphatic carbocycles. The number of hydrogen-bond donors (Lipinski definition) is 0. The molecule has 1 fully saturated rings. The fourth-order valence-corrected chi connectivity index (χ4v) is 3.09. The van der Waals surface area contributed by atoms with Crippen molar-refractivity contribution in [2.24, 2.45) is 0 Å². The van der Waals surface area contributed by atoms with Gasteiger partial charge in [-0.3, -0.25) is 4.79 Å². The molecule has 1 aliphatic rings. The summed E-state index contributed by atoms with van der Waals surface area (Å²) in [5, 5.41) is 13.3. The molecule has 0 bridgehead atoms. The summed E-state index contributed by atoms with van der Waals surface area (Å²) >= 11 is 0. The molecule has 1 amide bonds. The first-order valence-electron chi connectivity index (χ1n) is 7.77. The average molecular weight is 309 g/mol. The topological polar surface area (TPSA) is 74.8 Å². The van der Waals surface area contributed by atoms with Crippen LogP contribution in [0.25, 0.3) is 0 Å². The Kier molecular flexibility index (Phi) is 4.11. The van der Waals surface area contributed by atoms with Gasteiger partial charge in [-0.15, -0.1) is 0 Å². The second-order valence-electron chi connectivity index (χ2n) is 5.89. The average Bonchev–Trinajstić information content (AvgIpc) is 2.93. The molecule has 1 atom stereocenters. The van der Waals surface area contributed by atoms with E-state index in [1.165, 1.54) is 0 Å². The van der Waals surface area contributed by atoms with Gasteiger partial charge in [0.2, 0.25) is 0 Å². The number of amides is 1. The summed E-state index contributed by atoms with van der Waals surface area (Å²) in [5.74, 6) is 1.66. The van der Waals surface area contributed by atoms with Crippen LogP contribution < -0.4 is 0 Å². The highest BCUT2D eigenvalue weighted by molar-refractivity contribution is 5.94. The van der Waals surface area contributed by atoms with Gasteiger partial charge in [-0.25, -0.2) is 9.67 Å². The largest absolute Gasteiger partial charge is 0.337 e. The Morgan fingerprint density at radius 1 is 1.30 bits per heavy atom. The summed E-state index contributed by atoms with van der Waals surface area (Å²) in [7, 11) is 0. The molecule has 1 saturated heterocycles. The predicted molar refractivity (Wildman–Crippen MR) is 84.8 cm³/mol. The maximum absolute atomic E-state index is 12.7. The SMILES string of the molecule is Cc1nc(C)n(C2CCCN(C(=O)c3ccc(C#N)cc3)C2)n1. The highest BCUT2D eigenvalue weighted by Gasteiger charge is 2.27. The van der Waals surface area contributed by atoms with E-state index < -0.39 is 0 Å². The maximum atomic E-state index is 12.7. The van der Waals surface area contributed by atoms with E-state index in [9.17, 15) is 4.79 Å². The first-order chi connectivity index (χ1) is 11.1. The van der Waals surface area contributed by atoms with Gasteiger partial charge in [-0.2, -0.15) is 10.4 Å². The Bertz CT molecular complexity index is 756. The van der Waals surface area contributed by atoms with Crippen LogP contribution in [0.4, 0.5) is 0 Å². The van der Waals surface area contributed by atoms with Gasteiger partial charge in [0.25, 0.3) is 5.91 Å². The molecule has 1 aliphatic heterocycles. The van der Waals surface area contributed by atoms with Crippen LogP contribution in [0, 0.1) is 25.2 Å². The number of nitriles is 1. The molecule has 1 aromatic heterocycles. The van der Waals surface area contributed by atoms with Gasteiger partial charge in [0.05, 0.1) is 17.7 Å². The van der Waals surface area contributed by atoms with Gasteiger partial charge >= 0.3 is 0 Å². The number of nitrogens with zero attached hydrogens (tertiary/aromatic N) is 5. The van der Waals surface area contributed by atoms with Crippen molar-refractivity contribution in [2.45, 2.75) is 32.7 Å². The lowest BCUT2D eigenvalue weighted by Crippen LogP contribution is -2.41. The molecule has 0 N–H and O–H groups in total. The van der Waals surface area contributed by atoms with E-state index in [-0.39, 0.29) is 11.9 Å². The molecule has 1 unspecified atom stereocenters. The molecule has 0 spiro atoms. The van der Waals surface area contributed by atoms with E-state index in [1.807, 2.05) is 23.4 Å². The number of rotatable bonds is 2. The van der Waals surface area contributed by atoms with E-state index in [0.29, 0.717) is 17.7 Å². The fraction of sp³-hybridized carbons (Fsp3) is 0.412. The molecule has 0 radical (unpaired) electrons. The highest BCUT2D eigenvalue weighted by atomic mass is 16.2. The molecule has 118 valence electrons. The zero-order valence-corrected chi connectivity index (χ0v) is 13.4. The van der Waals surface area contributed by atoms with E-state index in [4.69, 9.17) is 5.26 Å². The van der Waals surface area contributed by atoms with E-state index in [2.05, 4.69) is 16.2 Å². The maximum Gasteiger partial charge on any atom is 0.253 e. The number of aryl methyl sites for hydroxylation is 2. The number of carbonyl (C=O) groups excluding carboxylic acids is 1. The molecule has 23 heavy (non-hydrogen) atoms. The Morgan fingerprint density at radius 2 is 2.04 bits per heavy atom. The molecule has 6 heteroatoms. The number of hydrogen-bond acceptors (Lipinski definition) is 4. The monoisotopic (exact) mass is 309 g/mol. The summed E-state index contributed by atoms with van der Waals surface area (Å²) in [6.07, 6.45) is 1.95. The summed E-state index contributed by atoms with van der Waals surface area (Å²) in [5.41, 5.74) is 1.18. The number of piperidine rings is 1. The Labute approximate surface area is 135 Å². The minimum atomic E-state index is 0.00804. The lowest BCUT2D eigenvalue weighted by molar-refractivity contribution is 0.0671. The van der Waals surface area contributed by atoms with E-state index in [1.54, 1.807) is 24.3 Å². The molecule has 0 saturated carbocycles. The molecule has 3 rings (SSSR count). The van der Waals surface area contributed by atoms with Gasteiger partial charge in [0.1, 0.15) is 11.6 Å². The lowest BCUT2D eigenvalue weighted by Gasteiger charge is -2.33. The van der Waals surface area contributed by atoms with Crippen molar-refractivity contribution < 1.29 is 4.79 Å². The molecule has 2 aromatic rings. The number of aromatic nitrogens is 3. The second kappa shape index (κ2) is 6.21. The molecule has 6 nitrogen and oxygen atoms in total. The van der Waals surface area contributed by atoms with Gasteiger partial charge < -0.3 is 4.90 Å². The van der Waals surface area contributed by atoms with Crippen LogP contribution in [-0.4, -0.2) is 38.7 Å². The van der Waals surface area contributed by atoms with E-state index >= 15 is 0 Å². The number of carbonyl (C=O) groups is 1. The van der Waals surface area contributed by atoms with Crippen molar-refractivity contribution in [1.82, 2.24) is 19.7 Å². The van der Waals surface area contributed by atoms with Gasteiger partial charge in [-0.05, 0) is 51.0 Å². The zero-order valence-electron chi connectivity index (χ0n) is 13.4. The highest BCUT2D eigenvalue weighted by Crippen LogP contribution is 2.23. The Balaban J connectivity index is 1.76. The van der Waals surface area contributed by atoms with Crippen LogP contribution in [0.3, 0.4) is 0 Å². The minimum Gasteiger partial charge on any atom is -0.337 e. The van der Waals surface area contributed by atoms with Crippen molar-refractivity contribution in [3.63, 3.8) is 0 Å². The second-order valence-corrected chi connectivity index (χ2v) is 5.89. The summed E-state index contributed by atoms with van der Waals surface area (Å²) in [6, 6.07) is 9.04. The van der Waals surface area contributed by atoms with Crippen molar-refractivity contribution in [3.05, 3.63) is 47.0 Å². The lowest BCUT2D eigenvalue weighted by atomic mass is 10.0. The number of likely N-dealkylation sites (tertiary alicyclic amines) is 1. The Hall–Kier alpha value is -2.68. The number of benzene rings is 1. The molecule has 1 aromatic carbocycles. The first kappa shape index (κ1) is 15.2. The van der Waals surface area contributed by atoms with Crippen molar-refractivity contribution in [3.8, 4) is 6.07 Å². The standard InChI is InChI=1S/C17H19N5O/c1-12-19-13(2)22(20-12)16-4-3-9-21(11-16)17(23)15-7-5-14(10-18)6-8-15/h5-8,16H,3-4,9,11H2,1-2H3. The van der Waals surface area contributed by atoms with E-state index in [0.717, 1.165) is 31.0 Å². The normalized spacial score (nSPS) is 17.8. The van der Waals surface area contributed by atoms with Crippen molar-refractivity contribution in [2.75, 3.05) is 13.1 Å². The summed E-state index contributed by atoms with van der Waals surface area (Å²) in [6.45, 7) is 5.22. The third kappa shape index (κ3) is 3.09. The van der Waals surface area contributed by atoms with Crippen LogP contribution in [0.15, 0.2) is 24.3 Å². The minimum absolute atomic E-state index is 0.00804. The third-order valence-corrected chi connectivity index (χ3v) is 4.20.